The van der Waals surface area contributed by atoms with Gasteiger partial charge in [-0.1, -0.05) is 6.07 Å². The quantitative estimate of drug-likeness (QED) is 0.804. The van der Waals surface area contributed by atoms with E-state index < -0.39 is 24.5 Å². The second-order valence-corrected chi connectivity index (χ2v) is 5.72. The Morgan fingerprint density at radius 3 is 2.08 bits per heavy atom. The molecule has 0 aliphatic heterocycles. The smallest absolute Gasteiger partial charge is 0.338 e. The number of nitrogens with one attached hydrogen (secondary N) is 1. The van der Waals surface area contributed by atoms with Crippen molar-refractivity contribution in [2.45, 2.75) is 20.8 Å². The zero-order chi connectivity index (χ0) is 19.1. The molecular formula is C20H21NO5. The maximum absolute atomic E-state index is 12.0. The lowest BCUT2D eigenvalue weighted by Crippen LogP contribution is -2.21. The summed E-state index contributed by atoms with van der Waals surface area (Å²) in [5.74, 6) is -1.44. The molecule has 0 aromatic heterocycles. The van der Waals surface area contributed by atoms with Crippen LogP contribution in [0.3, 0.4) is 0 Å². The Morgan fingerprint density at radius 2 is 1.46 bits per heavy atom. The first kappa shape index (κ1) is 19.2. The van der Waals surface area contributed by atoms with Crippen LogP contribution in [0.15, 0.2) is 42.5 Å². The fourth-order valence-electron chi connectivity index (χ4n) is 2.18. The Bertz CT molecular complexity index is 811. The van der Waals surface area contributed by atoms with Gasteiger partial charge in [-0.15, -0.1) is 0 Å². The van der Waals surface area contributed by atoms with E-state index in [4.69, 9.17) is 9.47 Å². The molecule has 0 heterocycles. The van der Waals surface area contributed by atoms with Crippen LogP contribution in [0.4, 0.5) is 5.69 Å². The molecule has 0 aliphatic rings. The SMILES string of the molecule is CCOC(=O)c1ccc(NC(=O)COC(=O)c2ccc(C)c(C)c2)cc1. The Morgan fingerprint density at radius 1 is 0.846 bits per heavy atom. The van der Waals surface area contributed by atoms with E-state index in [9.17, 15) is 14.4 Å². The molecule has 2 aromatic carbocycles. The number of benzene rings is 2. The normalized spacial score (nSPS) is 10.1. The molecule has 0 bridgehead atoms. The maximum atomic E-state index is 12.0. The fraction of sp³-hybridized carbons (Fsp3) is 0.250. The van der Waals surface area contributed by atoms with Gasteiger partial charge in [0.15, 0.2) is 6.61 Å². The van der Waals surface area contributed by atoms with Crippen molar-refractivity contribution < 1.29 is 23.9 Å². The number of aryl methyl sites for hydroxylation is 2. The first-order valence-corrected chi connectivity index (χ1v) is 8.22. The minimum absolute atomic E-state index is 0.295. The molecule has 0 radical (unpaired) electrons. The average Bonchev–Trinajstić information content (AvgIpc) is 2.62. The maximum Gasteiger partial charge on any atom is 0.338 e. The number of ether oxygens (including phenoxy) is 2. The number of carbonyl (C=O) groups excluding carboxylic acids is 3. The zero-order valence-corrected chi connectivity index (χ0v) is 15.0. The van der Waals surface area contributed by atoms with Gasteiger partial charge >= 0.3 is 11.9 Å². The number of rotatable bonds is 6. The van der Waals surface area contributed by atoms with Gasteiger partial charge in [0.25, 0.3) is 5.91 Å². The van der Waals surface area contributed by atoms with Crippen molar-refractivity contribution in [2.75, 3.05) is 18.5 Å². The predicted molar refractivity (Wildman–Crippen MR) is 97.2 cm³/mol. The van der Waals surface area contributed by atoms with E-state index in [1.807, 2.05) is 19.9 Å². The molecule has 0 atom stereocenters. The van der Waals surface area contributed by atoms with Gasteiger partial charge in [0.05, 0.1) is 17.7 Å². The summed E-state index contributed by atoms with van der Waals surface area (Å²) in [5.41, 5.74) is 3.34. The van der Waals surface area contributed by atoms with Gasteiger partial charge in [0.2, 0.25) is 0 Å². The largest absolute Gasteiger partial charge is 0.462 e. The Kier molecular flexibility index (Phi) is 6.49. The van der Waals surface area contributed by atoms with Crippen LogP contribution in [-0.4, -0.2) is 31.1 Å². The molecule has 26 heavy (non-hydrogen) atoms. The monoisotopic (exact) mass is 355 g/mol. The van der Waals surface area contributed by atoms with Crippen LogP contribution in [0.2, 0.25) is 0 Å². The van der Waals surface area contributed by atoms with Crippen molar-refractivity contribution in [1.82, 2.24) is 0 Å². The van der Waals surface area contributed by atoms with Crippen LogP contribution >= 0.6 is 0 Å². The van der Waals surface area contributed by atoms with Crippen LogP contribution in [-0.2, 0) is 14.3 Å². The third-order valence-electron chi connectivity index (χ3n) is 3.76. The molecule has 0 saturated heterocycles. The highest BCUT2D eigenvalue weighted by Crippen LogP contribution is 2.12. The van der Waals surface area contributed by atoms with Gasteiger partial charge in [0.1, 0.15) is 0 Å². The summed E-state index contributed by atoms with van der Waals surface area (Å²) in [7, 11) is 0. The van der Waals surface area contributed by atoms with E-state index >= 15 is 0 Å². The van der Waals surface area contributed by atoms with Gasteiger partial charge in [-0.05, 0) is 68.3 Å². The van der Waals surface area contributed by atoms with Crippen LogP contribution in [0.25, 0.3) is 0 Å². The molecule has 1 amide bonds. The summed E-state index contributed by atoms with van der Waals surface area (Å²) in [4.78, 5) is 35.5. The molecule has 6 nitrogen and oxygen atoms in total. The van der Waals surface area contributed by atoms with Crippen molar-refractivity contribution >= 4 is 23.5 Å². The summed E-state index contributed by atoms with van der Waals surface area (Å²) in [6.07, 6.45) is 0. The standard InChI is InChI=1S/C20H21NO5/c1-4-25-19(23)15-7-9-17(10-8-15)21-18(22)12-26-20(24)16-6-5-13(2)14(3)11-16/h5-11H,4,12H2,1-3H3,(H,21,22). The summed E-state index contributed by atoms with van der Waals surface area (Å²) in [6.45, 7) is 5.48. The van der Waals surface area contributed by atoms with E-state index in [1.54, 1.807) is 43.3 Å². The second kappa shape index (κ2) is 8.80. The molecule has 0 aliphatic carbocycles. The minimum atomic E-state index is -0.555. The summed E-state index contributed by atoms with van der Waals surface area (Å²) < 4.78 is 9.91. The second-order valence-electron chi connectivity index (χ2n) is 5.72. The lowest BCUT2D eigenvalue weighted by atomic mass is 10.1. The Balaban J connectivity index is 1.87. The molecule has 0 saturated carbocycles. The highest BCUT2D eigenvalue weighted by atomic mass is 16.5. The van der Waals surface area contributed by atoms with Crippen LogP contribution in [0.5, 0.6) is 0 Å². The van der Waals surface area contributed by atoms with Crippen molar-refractivity contribution in [1.29, 1.82) is 0 Å². The third kappa shape index (κ3) is 5.17. The van der Waals surface area contributed by atoms with E-state index in [-0.39, 0.29) is 0 Å². The summed E-state index contributed by atoms with van der Waals surface area (Å²) >= 11 is 0. The van der Waals surface area contributed by atoms with Gasteiger partial charge in [0, 0.05) is 5.69 Å². The molecule has 0 spiro atoms. The van der Waals surface area contributed by atoms with E-state index in [2.05, 4.69) is 5.32 Å². The number of hydrogen-bond donors (Lipinski definition) is 1. The number of hydrogen-bond acceptors (Lipinski definition) is 5. The molecule has 6 heteroatoms. The topological polar surface area (TPSA) is 81.7 Å². The first-order chi connectivity index (χ1) is 12.4. The third-order valence-corrected chi connectivity index (χ3v) is 3.76. The number of amides is 1. The first-order valence-electron chi connectivity index (χ1n) is 8.22. The molecule has 0 unspecified atom stereocenters. The van der Waals surface area contributed by atoms with Crippen molar-refractivity contribution in [2.24, 2.45) is 0 Å². The van der Waals surface area contributed by atoms with Gasteiger partial charge in [-0.25, -0.2) is 9.59 Å². The number of carbonyl (C=O) groups is 3. The number of esters is 2. The van der Waals surface area contributed by atoms with Crippen molar-refractivity contribution in [3.05, 3.63) is 64.7 Å². The minimum Gasteiger partial charge on any atom is -0.462 e. The molecule has 1 N–H and O–H groups in total. The zero-order valence-electron chi connectivity index (χ0n) is 15.0. The molecule has 0 fully saturated rings. The van der Waals surface area contributed by atoms with Gasteiger partial charge < -0.3 is 14.8 Å². The predicted octanol–water partition coefficient (Wildman–Crippen LogP) is 3.28. The van der Waals surface area contributed by atoms with Crippen LogP contribution in [0, 0.1) is 13.8 Å². The lowest BCUT2D eigenvalue weighted by molar-refractivity contribution is -0.119. The summed E-state index contributed by atoms with van der Waals surface area (Å²) in [5, 5.41) is 2.60. The highest BCUT2D eigenvalue weighted by molar-refractivity contribution is 5.96. The van der Waals surface area contributed by atoms with E-state index in [0.29, 0.717) is 23.4 Å². The lowest BCUT2D eigenvalue weighted by Gasteiger charge is -2.08. The van der Waals surface area contributed by atoms with Gasteiger partial charge in [-0.2, -0.15) is 0 Å². The fourth-order valence-corrected chi connectivity index (χ4v) is 2.18. The van der Waals surface area contributed by atoms with Crippen LogP contribution < -0.4 is 5.32 Å². The number of anilines is 1. The van der Waals surface area contributed by atoms with Gasteiger partial charge in [-0.3, -0.25) is 4.79 Å². The van der Waals surface area contributed by atoms with Crippen LogP contribution in [0.1, 0.15) is 38.8 Å². The molecular weight excluding hydrogens is 334 g/mol. The summed E-state index contributed by atoms with van der Waals surface area (Å²) in [6, 6.07) is 11.5. The average molecular weight is 355 g/mol. The van der Waals surface area contributed by atoms with Crippen molar-refractivity contribution in [3.8, 4) is 0 Å². The van der Waals surface area contributed by atoms with E-state index in [1.165, 1.54) is 0 Å². The van der Waals surface area contributed by atoms with Crippen molar-refractivity contribution in [3.63, 3.8) is 0 Å². The highest BCUT2D eigenvalue weighted by Gasteiger charge is 2.12. The van der Waals surface area contributed by atoms with E-state index in [0.717, 1.165) is 11.1 Å². The molecule has 2 aromatic rings. The Hall–Kier alpha value is -3.15. The molecule has 136 valence electrons. The Labute approximate surface area is 152 Å². The molecule has 2 rings (SSSR count).